The first kappa shape index (κ1) is 71.1. The maximum atomic E-state index is 13.1. The molecule has 0 saturated carbocycles. The van der Waals surface area contributed by atoms with Gasteiger partial charge in [-0.25, -0.2) is 0 Å². The Morgan fingerprint density at radius 1 is 0.416 bits per heavy atom. The fourth-order valence-electron chi connectivity index (χ4n) is 10.1. The van der Waals surface area contributed by atoms with Crippen molar-refractivity contribution < 1.29 is 73.8 Å². The van der Waals surface area contributed by atoms with E-state index in [-0.39, 0.29) is 26.1 Å². The average molecular weight is 1100 g/mol. The summed E-state index contributed by atoms with van der Waals surface area (Å²) in [6.45, 7) is 2.63. The highest BCUT2D eigenvalue weighted by Gasteiger charge is 2.47. The standard InChI is InChI=1S/C62H114O15/c1-3-5-7-9-11-13-15-17-19-21-23-24-25-26-27-29-30-32-34-36-38-40-42-44-53(64)72-47-50(75-54(65)45-43-41-39-37-35-33-31-28-22-20-18-16-14-12-10-8-6-4-2)48-73-61-60(71)58(69)56(67)52(77-61)49-74-62-59(70)57(68)55(66)51(46-63)76-62/h14,16,20,22,50-52,55-63,66-71H,3-13,15,17-19,21,23-49H2,1-2H3/b16-14-,22-20-. The minimum Gasteiger partial charge on any atom is -0.462 e. The molecule has 2 heterocycles. The van der Waals surface area contributed by atoms with Crippen molar-refractivity contribution in [2.45, 2.75) is 332 Å². The van der Waals surface area contributed by atoms with Gasteiger partial charge in [0.2, 0.25) is 0 Å². The molecule has 0 amide bonds. The molecule has 11 atom stereocenters. The fourth-order valence-corrected chi connectivity index (χ4v) is 10.1. The van der Waals surface area contributed by atoms with Crippen LogP contribution in [0.3, 0.4) is 0 Å². The zero-order chi connectivity index (χ0) is 56.0. The molecule has 2 fully saturated rings. The Bertz CT molecular complexity index is 1430. The predicted octanol–water partition coefficient (Wildman–Crippen LogP) is 11.4. The molecule has 452 valence electrons. The third-order valence-electron chi connectivity index (χ3n) is 15.2. The smallest absolute Gasteiger partial charge is 0.306 e. The molecule has 15 heteroatoms. The first-order valence-corrected chi connectivity index (χ1v) is 31.4. The Morgan fingerprint density at radius 3 is 1.22 bits per heavy atom. The van der Waals surface area contributed by atoms with E-state index in [1.54, 1.807) is 0 Å². The van der Waals surface area contributed by atoms with Crippen molar-refractivity contribution >= 4 is 11.9 Å². The highest BCUT2D eigenvalue weighted by atomic mass is 16.7. The van der Waals surface area contributed by atoms with Gasteiger partial charge in [-0.2, -0.15) is 0 Å². The number of aliphatic hydroxyl groups excluding tert-OH is 7. The zero-order valence-corrected chi connectivity index (χ0v) is 48.5. The second kappa shape index (κ2) is 48.7. The van der Waals surface area contributed by atoms with E-state index in [1.807, 2.05) is 0 Å². The molecular formula is C62H114O15. The summed E-state index contributed by atoms with van der Waals surface area (Å²) in [5, 5.41) is 72.4. The molecule has 0 spiro atoms. The minimum atomic E-state index is -1.77. The Balaban J connectivity index is 1.71. The summed E-state index contributed by atoms with van der Waals surface area (Å²) in [5.41, 5.74) is 0. The van der Waals surface area contributed by atoms with Gasteiger partial charge in [-0.15, -0.1) is 0 Å². The van der Waals surface area contributed by atoms with Gasteiger partial charge in [0.1, 0.15) is 55.4 Å². The number of carbonyl (C=O) groups is 2. The van der Waals surface area contributed by atoms with Crippen molar-refractivity contribution in [3.05, 3.63) is 24.3 Å². The highest BCUT2D eigenvalue weighted by Crippen LogP contribution is 2.27. The molecule has 0 bridgehead atoms. The Labute approximate surface area is 466 Å². The number of allylic oxidation sites excluding steroid dienone is 4. The summed E-state index contributed by atoms with van der Waals surface area (Å²) >= 11 is 0. The molecule has 0 aliphatic carbocycles. The van der Waals surface area contributed by atoms with Gasteiger partial charge in [-0.1, -0.05) is 231 Å². The van der Waals surface area contributed by atoms with Crippen molar-refractivity contribution in [1.29, 1.82) is 0 Å². The lowest BCUT2D eigenvalue weighted by Crippen LogP contribution is -2.61. The number of carbonyl (C=O) groups excluding carboxylic acids is 2. The topological polar surface area (TPSA) is 231 Å². The number of hydrogen-bond donors (Lipinski definition) is 7. The number of unbranched alkanes of at least 4 members (excludes halogenated alkanes) is 33. The molecule has 2 aliphatic rings. The van der Waals surface area contributed by atoms with E-state index in [0.29, 0.717) is 12.8 Å². The normalized spacial score (nSPS) is 24.3. The monoisotopic (exact) mass is 1100 g/mol. The van der Waals surface area contributed by atoms with Crippen LogP contribution in [0.4, 0.5) is 0 Å². The summed E-state index contributed by atoms with van der Waals surface area (Å²) in [7, 11) is 0. The molecule has 2 rings (SSSR count). The van der Waals surface area contributed by atoms with Crippen LogP contribution in [0, 0.1) is 0 Å². The van der Waals surface area contributed by atoms with Crippen LogP contribution >= 0.6 is 0 Å². The van der Waals surface area contributed by atoms with Crippen LogP contribution in [0.2, 0.25) is 0 Å². The Morgan fingerprint density at radius 2 is 0.779 bits per heavy atom. The first-order valence-electron chi connectivity index (χ1n) is 31.4. The SMILES string of the molecule is CCCCCC/C=C\C/C=C\CCCCCCCCCC(=O)OC(COC(=O)CCCCCCCCCCCCCCCCCCCCCCCCC)COC1OC(COC2OC(CO)C(O)C(O)C2O)C(O)C(O)C1O. The van der Waals surface area contributed by atoms with Gasteiger partial charge in [-0.05, 0) is 44.9 Å². The van der Waals surface area contributed by atoms with Gasteiger partial charge in [-0.3, -0.25) is 9.59 Å². The van der Waals surface area contributed by atoms with Crippen LogP contribution in [0.1, 0.15) is 264 Å². The van der Waals surface area contributed by atoms with Crippen LogP contribution in [0.5, 0.6) is 0 Å². The van der Waals surface area contributed by atoms with Crippen LogP contribution in [0.15, 0.2) is 24.3 Å². The quantitative estimate of drug-likeness (QED) is 0.0171. The van der Waals surface area contributed by atoms with E-state index in [0.717, 1.165) is 64.2 Å². The maximum absolute atomic E-state index is 13.1. The van der Waals surface area contributed by atoms with Gasteiger partial charge < -0.3 is 64.2 Å². The van der Waals surface area contributed by atoms with Gasteiger partial charge in [0.15, 0.2) is 18.7 Å². The third-order valence-corrected chi connectivity index (χ3v) is 15.2. The number of hydrogen-bond acceptors (Lipinski definition) is 15. The summed E-state index contributed by atoms with van der Waals surface area (Å²) in [6, 6.07) is 0. The minimum absolute atomic E-state index is 0.159. The molecule has 11 unspecified atom stereocenters. The highest BCUT2D eigenvalue weighted by molar-refractivity contribution is 5.70. The fraction of sp³-hybridized carbons (Fsp3) is 0.903. The summed E-state index contributed by atoms with van der Waals surface area (Å²) < 4.78 is 33.8. The summed E-state index contributed by atoms with van der Waals surface area (Å²) in [4.78, 5) is 26.0. The molecule has 7 N–H and O–H groups in total. The van der Waals surface area contributed by atoms with Crippen molar-refractivity contribution in [2.75, 3.05) is 26.4 Å². The largest absolute Gasteiger partial charge is 0.462 e. The summed E-state index contributed by atoms with van der Waals surface area (Å²) in [5.74, 6) is -0.918. The lowest BCUT2D eigenvalue weighted by molar-refractivity contribution is -0.332. The van der Waals surface area contributed by atoms with E-state index < -0.39 is 92.7 Å². The van der Waals surface area contributed by atoms with E-state index in [2.05, 4.69) is 38.2 Å². The number of esters is 2. The molecule has 15 nitrogen and oxygen atoms in total. The maximum Gasteiger partial charge on any atom is 0.306 e. The van der Waals surface area contributed by atoms with E-state index >= 15 is 0 Å². The molecule has 2 aliphatic heterocycles. The molecule has 0 aromatic rings. The molecule has 0 aromatic carbocycles. The molecule has 0 aromatic heterocycles. The molecule has 77 heavy (non-hydrogen) atoms. The van der Waals surface area contributed by atoms with Crippen LogP contribution in [-0.2, 0) is 38.0 Å². The second-order valence-corrected chi connectivity index (χ2v) is 22.2. The number of ether oxygens (including phenoxy) is 6. The molecule has 2 saturated heterocycles. The molecular weight excluding hydrogens is 985 g/mol. The molecule has 0 radical (unpaired) electrons. The van der Waals surface area contributed by atoms with Crippen molar-refractivity contribution in [3.63, 3.8) is 0 Å². The van der Waals surface area contributed by atoms with Gasteiger partial charge in [0.05, 0.1) is 19.8 Å². The van der Waals surface area contributed by atoms with Crippen LogP contribution in [-0.4, -0.2) is 142 Å². The summed E-state index contributed by atoms with van der Waals surface area (Å²) in [6.07, 6.45) is 37.7. The predicted molar refractivity (Wildman–Crippen MR) is 303 cm³/mol. The van der Waals surface area contributed by atoms with E-state index in [1.165, 1.54) is 161 Å². The van der Waals surface area contributed by atoms with Crippen molar-refractivity contribution in [1.82, 2.24) is 0 Å². The number of aliphatic hydroxyl groups is 7. The van der Waals surface area contributed by atoms with Crippen molar-refractivity contribution in [2.24, 2.45) is 0 Å². The van der Waals surface area contributed by atoms with E-state index in [4.69, 9.17) is 28.4 Å². The number of rotatable bonds is 51. The second-order valence-electron chi connectivity index (χ2n) is 22.2. The first-order chi connectivity index (χ1) is 37.5. The van der Waals surface area contributed by atoms with Crippen LogP contribution < -0.4 is 0 Å². The Hall–Kier alpha value is -2.02. The lowest BCUT2D eigenvalue weighted by Gasteiger charge is -2.42. The van der Waals surface area contributed by atoms with Crippen molar-refractivity contribution in [3.8, 4) is 0 Å². The Kier molecular flexibility index (Phi) is 44.9. The van der Waals surface area contributed by atoms with Gasteiger partial charge >= 0.3 is 11.9 Å². The third kappa shape index (κ3) is 35.5. The lowest BCUT2D eigenvalue weighted by atomic mass is 9.98. The van der Waals surface area contributed by atoms with Gasteiger partial charge in [0.25, 0.3) is 0 Å². The van der Waals surface area contributed by atoms with Crippen LogP contribution in [0.25, 0.3) is 0 Å². The van der Waals surface area contributed by atoms with Gasteiger partial charge in [0, 0.05) is 12.8 Å². The van der Waals surface area contributed by atoms with E-state index in [9.17, 15) is 45.3 Å². The zero-order valence-electron chi connectivity index (χ0n) is 48.5. The average Bonchev–Trinajstić information content (AvgIpc) is 3.43.